The van der Waals surface area contributed by atoms with Gasteiger partial charge in [-0.25, -0.2) is 4.68 Å². The molecule has 1 amide bonds. The van der Waals surface area contributed by atoms with Gasteiger partial charge in [-0.1, -0.05) is 38.1 Å². The maximum absolute atomic E-state index is 12.2. The minimum absolute atomic E-state index is 0.0538. The molecule has 0 radical (unpaired) electrons. The number of carbonyl (C=O) groups is 1. The highest BCUT2D eigenvalue weighted by molar-refractivity contribution is 5.75. The predicted molar refractivity (Wildman–Crippen MR) is 88.2 cm³/mol. The Hall–Kier alpha value is -2.28. The van der Waals surface area contributed by atoms with Crippen molar-refractivity contribution in [2.45, 2.75) is 51.2 Å². The third-order valence-electron chi connectivity index (χ3n) is 4.50. The lowest BCUT2D eigenvalue weighted by atomic mass is 9.79. The summed E-state index contributed by atoms with van der Waals surface area (Å²) in [6.07, 6.45) is 2.52. The van der Waals surface area contributed by atoms with Gasteiger partial charge >= 0.3 is 0 Å². The molecule has 1 aliphatic carbocycles. The van der Waals surface area contributed by atoms with Crippen molar-refractivity contribution >= 4 is 5.91 Å². The standard InChI is InChI=1S/C17H23N5O2/c1-12(2)16-19-20-21-22(16)10-15(23)18-11-17(24)9-5-7-13-6-3-4-8-14(13)17/h3-4,6,8,12,24H,5,7,9-11H2,1-2H3,(H,18,23). The molecule has 3 rings (SSSR count). The van der Waals surface area contributed by atoms with Crippen LogP contribution in [-0.2, 0) is 23.4 Å². The van der Waals surface area contributed by atoms with E-state index in [1.807, 2.05) is 38.1 Å². The number of nitrogens with zero attached hydrogens (tertiary/aromatic N) is 4. The summed E-state index contributed by atoms with van der Waals surface area (Å²) >= 11 is 0. The van der Waals surface area contributed by atoms with Crippen LogP contribution in [0, 0.1) is 0 Å². The average Bonchev–Trinajstić information content (AvgIpc) is 3.02. The third kappa shape index (κ3) is 3.31. The Labute approximate surface area is 141 Å². The van der Waals surface area contributed by atoms with Crippen LogP contribution in [0.5, 0.6) is 0 Å². The van der Waals surface area contributed by atoms with Crippen molar-refractivity contribution in [1.29, 1.82) is 0 Å². The van der Waals surface area contributed by atoms with Crippen LogP contribution in [0.3, 0.4) is 0 Å². The summed E-state index contributed by atoms with van der Waals surface area (Å²) in [4.78, 5) is 12.2. The summed E-state index contributed by atoms with van der Waals surface area (Å²) in [6, 6.07) is 7.89. The first-order valence-electron chi connectivity index (χ1n) is 8.33. The van der Waals surface area contributed by atoms with Crippen molar-refractivity contribution in [2.75, 3.05) is 6.54 Å². The summed E-state index contributed by atoms with van der Waals surface area (Å²) in [5.74, 6) is 0.606. The monoisotopic (exact) mass is 329 g/mol. The molecule has 2 N–H and O–H groups in total. The highest BCUT2D eigenvalue weighted by Gasteiger charge is 2.34. The number of hydrogen-bond acceptors (Lipinski definition) is 5. The highest BCUT2D eigenvalue weighted by Crippen LogP contribution is 2.34. The number of tetrazole rings is 1. The molecule has 1 aliphatic rings. The number of aliphatic hydroxyl groups is 1. The molecule has 0 fully saturated rings. The molecule has 24 heavy (non-hydrogen) atoms. The molecule has 1 aromatic carbocycles. The third-order valence-corrected chi connectivity index (χ3v) is 4.50. The molecular weight excluding hydrogens is 306 g/mol. The van der Waals surface area contributed by atoms with Crippen molar-refractivity contribution in [1.82, 2.24) is 25.5 Å². The van der Waals surface area contributed by atoms with Crippen LogP contribution < -0.4 is 5.32 Å². The topological polar surface area (TPSA) is 92.9 Å². The molecule has 1 unspecified atom stereocenters. The van der Waals surface area contributed by atoms with E-state index in [0.717, 1.165) is 24.0 Å². The van der Waals surface area contributed by atoms with Gasteiger partial charge in [-0.2, -0.15) is 0 Å². The molecular formula is C17H23N5O2. The fourth-order valence-electron chi connectivity index (χ4n) is 3.26. The molecule has 1 heterocycles. The zero-order valence-electron chi connectivity index (χ0n) is 14.1. The smallest absolute Gasteiger partial charge is 0.241 e. The minimum Gasteiger partial charge on any atom is -0.383 e. The molecule has 0 aliphatic heterocycles. The van der Waals surface area contributed by atoms with Gasteiger partial charge in [0.15, 0.2) is 5.82 Å². The van der Waals surface area contributed by atoms with E-state index in [1.165, 1.54) is 4.68 Å². The molecule has 7 nitrogen and oxygen atoms in total. The Kier molecular flexibility index (Phi) is 4.62. The fourth-order valence-corrected chi connectivity index (χ4v) is 3.26. The number of carbonyl (C=O) groups excluding carboxylic acids is 1. The Morgan fingerprint density at radius 3 is 3.00 bits per heavy atom. The number of hydrogen-bond donors (Lipinski definition) is 2. The first-order chi connectivity index (χ1) is 11.5. The van der Waals surface area contributed by atoms with E-state index in [4.69, 9.17) is 0 Å². The van der Waals surface area contributed by atoms with Crippen LogP contribution in [-0.4, -0.2) is 37.8 Å². The molecule has 0 spiro atoms. The Balaban J connectivity index is 1.65. The van der Waals surface area contributed by atoms with Crippen molar-refractivity contribution in [3.05, 3.63) is 41.2 Å². The van der Waals surface area contributed by atoms with E-state index in [9.17, 15) is 9.90 Å². The van der Waals surface area contributed by atoms with Crippen LogP contribution in [0.1, 0.15) is 49.6 Å². The highest BCUT2D eigenvalue weighted by atomic mass is 16.3. The van der Waals surface area contributed by atoms with Gasteiger partial charge in [0.05, 0.1) is 6.54 Å². The summed E-state index contributed by atoms with van der Waals surface area (Å²) in [5, 5.41) is 25.2. The van der Waals surface area contributed by atoms with Crippen LogP contribution in [0.25, 0.3) is 0 Å². The van der Waals surface area contributed by atoms with E-state index in [1.54, 1.807) is 0 Å². The lowest BCUT2D eigenvalue weighted by Gasteiger charge is -2.34. The molecule has 2 aromatic rings. The molecule has 7 heteroatoms. The number of benzene rings is 1. The quantitative estimate of drug-likeness (QED) is 0.858. The Bertz CT molecular complexity index is 727. The fraction of sp³-hybridized carbons (Fsp3) is 0.529. The van der Waals surface area contributed by atoms with E-state index >= 15 is 0 Å². The van der Waals surface area contributed by atoms with E-state index in [2.05, 4.69) is 20.8 Å². The summed E-state index contributed by atoms with van der Waals surface area (Å²) in [7, 11) is 0. The van der Waals surface area contributed by atoms with E-state index < -0.39 is 5.60 Å². The van der Waals surface area contributed by atoms with Crippen LogP contribution in [0.4, 0.5) is 0 Å². The number of rotatable bonds is 5. The summed E-state index contributed by atoms with van der Waals surface area (Å²) < 4.78 is 1.50. The van der Waals surface area contributed by atoms with Gasteiger partial charge in [0.25, 0.3) is 0 Å². The normalized spacial score (nSPS) is 20.0. The first-order valence-corrected chi connectivity index (χ1v) is 8.33. The molecule has 0 saturated carbocycles. The van der Waals surface area contributed by atoms with Crippen molar-refractivity contribution in [2.24, 2.45) is 0 Å². The Morgan fingerprint density at radius 1 is 1.42 bits per heavy atom. The molecule has 128 valence electrons. The van der Waals surface area contributed by atoms with Gasteiger partial charge in [0.1, 0.15) is 12.1 Å². The number of nitrogens with one attached hydrogen (secondary N) is 1. The zero-order valence-corrected chi connectivity index (χ0v) is 14.1. The summed E-state index contributed by atoms with van der Waals surface area (Å²) in [5.41, 5.74) is 1.07. The maximum atomic E-state index is 12.2. The molecule has 0 saturated heterocycles. The van der Waals surface area contributed by atoms with Gasteiger partial charge in [-0.3, -0.25) is 4.79 Å². The van der Waals surface area contributed by atoms with Gasteiger partial charge in [-0.15, -0.1) is 5.10 Å². The van der Waals surface area contributed by atoms with Crippen LogP contribution in [0.15, 0.2) is 24.3 Å². The second kappa shape index (κ2) is 6.68. The molecule has 1 atom stereocenters. The number of aryl methyl sites for hydroxylation is 1. The SMILES string of the molecule is CC(C)c1nnnn1CC(=O)NCC1(O)CCCc2ccccc21. The lowest BCUT2D eigenvalue weighted by Crippen LogP contribution is -2.44. The largest absolute Gasteiger partial charge is 0.383 e. The van der Waals surface area contributed by atoms with E-state index in [-0.39, 0.29) is 24.9 Å². The van der Waals surface area contributed by atoms with Gasteiger partial charge in [0.2, 0.25) is 5.91 Å². The second-order valence-corrected chi connectivity index (χ2v) is 6.67. The first kappa shape index (κ1) is 16.6. The average molecular weight is 329 g/mol. The minimum atomic E-state index is -1.01. The Morgan fingerprint density at radius 2 is 2.21 bits per heavy atom. The van der Waals surface area contributed by atoms with Crippen molar-refractivity contribution in [3.63, 3.8) is 0 Å². The summed E-state index contributed by atoms with van der Waals surface area (Å²) in [6.45, 7) is 4.20. The van der Waals surface area contributed by atoms with Gasteiger partial charge in [0, 0.05) is 5.92 Å². The predicted octanol–water partition coefficient (Wildman–Crippen LogP) is 1.14. The van der Waals surface area contributed by atoms with E-state index in [0.29, 0.717) is 12.2 Å². The van der Waals surface area contributed by atoms with Crippen molar-refractivity contribution < 1.29 is 9.90 Å². The van der Waals surface area contributed by atoms with Gasteiger partial charge < -0.3 is 10.4 Å². The maximum Gasteiger partial charge on any atom is 0.241 e. The molecule has 1 aromatic heterocycles. The van der Waals surface area contributed by atoms with Crippen LogP contribution >= 0.6 is 0 Å². The number of fused-ring (bicyclic) bond motifs is 1. The van der Waals surface area contributed by atoms with Crippen molar-refractivity contribution in [3.8, 4) is 0 Å². The second-order valence-electron chi connectivity index (χ2n) is 6.67. The van der Waals surface area contributed by atoms with Gasteiger partial charge in [-0.05, 0) is 40.8 Å². The van der Waals surface area contributed by atoms with Crippen LogP contribution in [0.2, 0.25) is 0 Å². The zero-order chi connectivity index (χ0) is 17.2. The number of amides is 1. The molecule has 0 bridgehead atoms. The lowest BCUT2D eigenvalue weighted by molar-refractivity contribution is -0.123. The number of aromatic nitrogens is 4.